The summed E-state index contributed by atoms with van der Waals surface area (Å²) in [5.74, 6) is -2.18. The minimum Gasteiger partial charge on any atom is -0.480 e. The number of carboxylic acid groups (broad SMARTS) is 1. The third-order valence-electron chi connectivity index (χ3n) is 2.90. The van der Waals surface area contributed by atoms with E-state index in [9.17, 15) is 14.4 Å². The first-order chi connectivity index (χ1) is 9.88. The molecule has 2 amide bonds. The van der Waals surface area contributed by atoms with Gasteiger partial charge in [0, 0.05) is 18.5 Å². The molecule has 114 valence electrons. The first kappa shape index (κ1) is 16.5. The first-order valence-electron chi connectivity index (χ1n) is 6.53. The number of aryl methyl sites for hydroxylation is 1. The van der Waals surface area contributed by atoms with E-state index in [4.69, 9.17) is 16.6 Å². The fourth-order valence-corrected chi connectivity index (χ4v) is 1.82. The van der Waals surface area contributed by atoms with E-state index < -0.39 is 23.8 Å². The number of nitrogens with one attached hydrogen (secondary N) is 1. The number of primary amides is 1. The number of hydrogen-bond donors (Lipinski definition) is 4. The molecule has 0 aromatic heterocycles. The molecular weight excluding hydrogens is 274 g/mol. The molecule has 0 heterocycles. The van der Waals surface area contributed by atoms with Crippen molar-refractivity contribution in [3.8, 4) is 0 Å². The van der Waals surface area contributed by atoms with Crippen molar-refractivity contribution in [3.05, 3.63) is 29.8 Å². The highest BCUT2D eigenvalue weighted by Crippen LogP contribution is 2.09. The van der Waals surface area contributed by atoms with Gasteiger partial charge in [0.1, 0.15) is 6.04 Å². The lowest BCUT2D eigenvalue weighted by molar-refractivity contribution is -0.142. The number of benzene rings is 1. The van der Waals surface area contributed by atoms with Crippen molar-refractivity contribution in [1.82, 2.24) is 5.32 Å². The van der Waals surface area contributed by atoms with Gasteiger partial charge in [0.25, 0.3) is 0 Å². The van der Waals surface area contributed by atoms with Crippen LogP contribution in [0.4, 0.5) is 5.69 Å². The summed E-state index contributed by atoms with van der Waals surface area (Å²) >= 11 is 0. The Hall–Kier alpha value is -2.57. The van der Waals surface area contributed by atoms with Gasteiger partial charge < -0.3 is 21.9 Å². The van der Waals surface area contributed by atoms with Gasteiger partial charge in [-0.3, -0.25) is 9.59 Å². The number of anilines is 1. The molecule has 0 spiro atoms. The number of carbonyl (C=O) groups excluding carboxylic acids is 2. The number of aliphatic carboxylic acids is 1. The zero-order chi connectivity index (χ0) is 15.8. The van der Waals surface area contributed by atoms with Crippen LogP contribution in [0, 0.1) is 0 Å². The highest BCUT2D eigenvalue weighted by Gasteiger charge is 2.20. The van der Waals surface area contributed by atoms with E-state index in [1.165, 1.54) is 0 Å². The van der Waals surface area contributed by atoms with Crippen molar-refractivity contribution in [2.75, 3.05) is 5.73 Å². The van der Waals surface area contributed by atoms with E-state index in [0.29, 0.717) is 12.1 Å². The first-order valence-corrected chi connectivity index (χ1v) is 6.53. The number of carbonyl (C=O) groups is 3. The molecule has 0 aliphatic carbocycles. The normalized spacial score (nSPS) is 11.6. The quantitative estimate of drug-likeness (QED) is 0.502. The molecule has 21 heavy (non-hydrogen) atoms. The highest BCUT2D eigenvalue weighted by molar-refractivity contribution is 5.84. The Morgan fingerprint density at radius 2 is 1.95 bits per heavy atom. The van der Waals surface area contributed by atoms with Gasteiger partial charge in [0.15, 0.2) is 0 Å². The van der Waals surface area contributed by atoms with Crippen LogP contribution in [0.1, 0.15) is 24.8 Å². The summed E-state index contributed by atoms with van der Waals surface area (Å²) in [6.45, 7) is 0. The molecular formula is C14H19N3O4. The second-order valence-corrected chi connectivity index (χ2v) is 4.71. The zero-order valence-electron chi connectivity index (χ0n) is 11.5. The smallest absolute Gasteiger partial charge is 0.326 e. The fraction of sp³-hybridized carbons (Fsp3) is 0.357. The van der Waals surface area contributed by atoms with Gasteiger partial charge in [-0.15, -0.1) is 0 Å². The maximum absolute atomic E-state index is 11.7. The predicted molar refractivity (Wildman–Crippen MR) is 77.2 cm³/mol. The van der Waals surface area contributed by atoms with Crippen LogP contribution in [0.3, 0.4) is 0 Å². The summed E-state index contributed by atoms with van der Waals surface area (Å²) in [6.07, 6.45) is 0.490. The Morgan fingerprint density at radius 1 is 1.24 bits per heavy atom. The molecule has 0 saturated carbocycles. The molecule has 0 unspecified atom stereocenters. The third-order valence-corrected chi connectivity index (χ3v) is 2.90. The summed E-state index contributed by atoms with van der Waals surface area (Å²) < 4.78 is 0. The molecule has 0 saturated heterocycles. The van der Waals surface area contributed by atoms with Crippen molar-refractivity contribution >= 4 is 23.5 Å². The summed E-state index contributed by atoms with van der Waals surface area (Å²) in [5.41, 5.74) is 12.1. The monoisotopic (exact) mass is 293 g/mol. The molecule has 6 N–H and O–H groups in total. The number of hydrogen-bond acceptors (Lipinski definition) is 4. The van der Waals surface area contributed by atoms with Gasteiger partial charge in [-0.1, -0.05) is 12.1 Å². The minimum absolute atomic E-state index is 0.0192. The number of nitrogens with two attached hydrogens (primary N) is 2. The maximum Gasteiger partial charge on any atom is 0.326 e. The fourth-order valence-electron chi connectivity index (χ4n) is 1.82. The van der Waals surface area contributed by atoms with Crippen LogP contribution in [0.5, 0.6) is 0 Å². The molecule has 0 aliphatic rings. The van der Waals surface area contributed by atoms with Gasteiger partial charge in [0.05, 0.1) is 0 Å². The Balaban J connectivity index is 2.46. The van der Waals surface area contributed by atoms with Gasteiger partial charge in [-0.2, -0.15) is 0 Å². The Morgan fingerprint density at radius 3 is 2.52 bits per heavy atom. The van der Waals surface area contributed by atoms with E-state index in [1.807, 2.05) is 6.07 Å². The van der Waals surface area contributed by atoms with Crippen LogP contribution in [0.15, 0.2) is 24.3 Å². The highest BCUT2D eigenvalue weighted by atomic mass is 16.4. The summed E-state index contributed by atoms with van der Waals surface area (Å²) in [7, 11) is 0. The number of nitrogen functional groups attached to an aromatic ring is 1. The van der Waals surface area contributed by atoms with E-state index in [0.717, 1.165) is 5.56 Å². The third kappa shape index (κ3) is 6.42. The molecule has 7 heteroatoms. The van der Waals surface area contributed by atoms with Crippen molar-refractivity contribution in [1.29, 1.82) is 0 Å². The molecule has 0 fully saturated rings. The lowest BCUT2D eigenvalue weighted by Crippen LogP contribution is -2.41. The van der Waals surface area contributed by atoms with E-state index in [1.54, 1.807) is 18.2 Å². The summed E-state index contributed by atoms with van der Waals surface area (Å²) in [5, 5.41) is 11.4. The molecule has 0 radical (unpaired) electrons. The molecule has 0 bridgehead atoms. The van der Waals surface area contributed by atoms with Crippen LogP contribution < -0.4 is 16.8 Å². The van der Waals surface area contributed by atoms with Crippen molar-refractivity contribution in [2.45, 2.75) is 31.7 Å². The van der Waals surface area contributed by atoms with Gasteiger partial charge in [-0.05, 0) is 30.5 Å². The van der Waals surface area contributed by atoms with Crippen LogP contribution >= 0.6 is 0 Å². The van der Waals surface area contributed by atoms with Crippen LogP contribution in [-0.4, -0.2) is 28.9 Å². The Bertz CT molecular complexity index is 531. The zero-order valence-corrected chi connectivity index (χ0v) is 11.5. The van der Waals surface area contributed by atoms with Gasteiger partial charge >= 0.3 is 5.97 Å². The molecule has 1 aromatic carbocycles. The average molecular weight is 293 g/mol. The summed E-state index contributed by atoms with van der Waals surface area (Å²) in [4.78, 5) is 33.4. The predicted octanol–water partition coefficient (Wildman–Crippen LogP) is 0.0363. The largest absolute Gasteiger partial charge is 0.480 e. The SMILES string of the molecule is NC(=O)CC[C@@H](NC(=O)CCc1cccc(N)c1)C(=O)O. The average Bonchev–Trinajstić information content (AvgIpc) is 2.40. The number of carboxylic acids is 1. The second kappa shape index (κ2) is 7.88. The lowest BCUT2D eigenvalue weighted by Gasteiger charge is -2.13. The van der Waals surface area contributed by atoms with Crippen molar-refractivity contribution in [2.24, 2.45) is 5.73 Å². The van der Waals surface area contributed by atoms with Gasteiger partial charge in [0.2, 0.25) is 11.8 Å². The van der Waals surface area contributed by atoms with E-state index >= 15 is 0 Å². The Labute approximate surface area is 122 Å². The van der Waals surface area contributed by atoms with Crippen molar-refractivity contribution < 1.29 is 19.5 Å². The number of amides is 2. The van der Waals surface area contributed by atoms with Crippen LogP contribution in [0.25, 0.3) is 0 Å². The standard InChI is InChI=1S/C14H19N3O4/c15-10-3-1-2-9(8-10)4-7-13(19)17-11(14(20)21)5-6-12(16)18/h1-3,8,11H,4-7,15H2,(H2,16,18)(H,17,19)(H,20,21)/t11-/m1/s1. The Kier molecular flexibility index (Phi) is 6.19. The second-order valence-electron chi connectivity index (χ2n) is 4.71. The molecule has 7 nitrogen and oxygen atoms in total. The van der Waals surface area contributed by atoms with Gasteiger partial charge in [-0.25, -0.2) is 4.79 Å². The summed E-state index contributed by atoms with van der Waals surface area (Å²) in [6, 6.07) is 6.02. The molecule has 1 aromatic rings. The van der Waals surface area contributed by atoms with E-state index in [2.05, 4.69) is 5.32 Å². The van der Waals surface area contributed by atoms with Crippen LogP contribution in [0.2, 0.25) is 0 Å². The molecule has 1 rings (SSSR count). The topological polar surface area (TPSA) is 136 Å². The van der Waals surface area contributed by atoms with Crippen LogP contribution in [-0.2, 0) is 20.8 Å². The maximum atomic E-state index is 11.7. The van der Waals surface area contributed by atoms with E-state index in [-0.39, 0.29) is 19.3 Å². The van der Waals surface area contributed by atoms with Crippen molar-refractivity contribution in [3.63, 3.8) is 0 Å². The number of rotatable bonds is 8. The minimum atomic E-state index is -1.19. The lowest BCUT2D eigenvalue weighted by atomic mass is 10.1. The molecule has 0 aliphatic heterocycles. The molecule has 1 atom stereocenters.